The molecule has 0 unspecified atom stereocenters. The van der Waals surface area contributed by atoms with Gasteiger partial charge in [-0.05, 0) is 28.1 Å². The zero-order valence-corrected chi connectivity index (χ0v) is 9.57. The average molecular weight is 268 g/mol. The smallest absolute Gasteiger partial charge is 0.337 e. The summed E-state index contributed by atoms with van der Waals surface area (Å²) in [6.07, 6.45) is 4.07. The molecule has 0 fully saturated rings. The lowest BCUT2D eigenvalue weighted by atomic mass is 10.1. The first-order valence-electron chi connectivity index (χ1n) is 4.62. The van der Waals surface area contributed by atoms with E-state index in [1.54, 1.807) is 12.1 Å². The summed E-state index contributed by atoms with van der Waals surface area (Å²) < 4.78 is 0.825. The number of hydrogen-bond donors (Lipinski definition) is 1. The molecule has 3 nitrogen and oxygen atoms in total. The second kappa shape index (κ2) is 4.06. The first-order chi connectivity index (χ1) is 7.20. The van der Waals surface area contributed by atoms with Gasteiger partial charge in [0.05, 0.1) is 11.3 Å². The van der Waals surface area contributed by atoms with Crippen molar-refractivity contribution in [2.45, 2.75) is 0 Å². The topological polar surface area (TPSA) is 40.5 Å². The summed E-state index contributed by atoms with van der Waals surface area (Å²) in [4.78, 5) is 13.1. The standard InChI is InChI=1S/C11H10BrNO2/c12-9-5-3-4-8(11(14)15)10(9)13-6-1-2-7-13/h1-5H,6-7H2,(H,14,15). The SMILES string of the molecule is O=C(O)c1cccc(Br)c1N1CC=CC1. The lowest BCUT2D eigenvalue weighted by molar-refractivity contribution is 0.0697. The largest absolute Gasteiger partial charge is 0.478 e. The van der Waals surface area contributed by atoms with Crippen molar-refractivity contribution in [1.29, 1.82) is 0 Å². The summed E-state index contributed by atoms with van der Waals surface area (Å²) in [5, 5.41) is 9.08. The summed E-state index contributed by atoms with van der Waals surface area (Å²) in [6.45, 7) is 1.53. The average Bonchev–Trinajstić information content (AvgIpc) is 2.70. The van der Waals surface area contributed by atoms with Gasteiger partial charge in [-0.3, -0.25) is 0 Å². The lowest BCUT2D eigenvalue weighted by Crippen LogP contribution is -2.21. The van der Waals surface area contributed by atoms with Gasteiger partial charge in [-0.1, -0.05) is 18.2 Å². The molecule has 0 aromatic heterocycles. The molecule has 0 radical (unpaired) electrons. The van der Waals surface area contributed by atoms with Crippen molar-refractivity contribution in [3.05, 3.63) is 40.4 Å². The lowest BCUT2D eigenvalue weighted by Gasteiger charge is -2.21. The first-order valence-corrected chi connectivity index (χ1v) is 5.41. The van der Waals surface area contributed by atoms with E-state index in [0.717, 1.165) is 23.2 Å². The van der Waals surface area contributed by atoms with Crippen molar-refractivity contribution in [3.63, 3.8) is 0 Å². The maximum Gasteiger partial charge on any atom is 0.337 e. The van der Waals surface area contributed by atoms with Crippen LogP contribution in [-0.2, 0) is 0 Å². The first kappa shape index (κ1) is 10.2. The third kappa shape index (κ3) is 1.90. The van der Waals surface area contributed by atoms with E-state index < -0.39 is 5.97 Å². The number of aromatic carboxylic acids is 1. The van der Waals surface area contributed by atoms with Crippen LogP contribution in [0.4, 0.5) is 5.69 Å². The Morgan fingerprint density at radius 2 is 2.00 bits per heavy atom. The molecule has 2 rings (SSSR count). The highest BCUT2D eigenvalue weighted by molar-refractivity contribution is 9.10. The van der Waals surface area contributed by atoms with Gasteiger partial charge >= 0.3 is 5.97 Å². The fourth-order valence-electron chi connectivity index (χ4n) is 1.67. The summed E-state index contributed by atoms with van der Waals surface area (Å²) in [5.74, 6) is -0.891. The molecule has 78 valence electrons. The Labute approximate surface area is 96.1 Å². The molecule has 0 amide bonds. The van der Waals surface area contributed by atoms with Crippen LogP contribution in [-0.4, -0.2) is 24.2 Å². The van der Waals surface area contributed by atoms with Crippen LogP contribution in [0.3, 0.4) is 0 Å². The minimum absolute atomic E-state index is 0.341. The van der Waals surface area contributed by atoms with E-state index in [1.807, 2.05) is 23.1 Å². The number of hydrogen-bond acceptors (Lipinski definition) is 2. The van der Waals surface area contributed by atoms with Gasteiger partial charge in [0.2, 0.25) is 0 Å². The number of para-hydroxylation sites is 1. The van der Waals surface area contributed by atoms with Crippen LogP contribution >= 0.6 is 15.9 Å². The van der Waals surface area contributed by atoms with E-state index in [0.29, 0.717) is 5.56 Å². The van der Waals surface area contributed by atoms with E-state index in [1.165, 1.54) is 0 Å². The minimum Gasteiger partial charge on any atom is -0.478 e. The second-order valence-corrected chi connectivity index (χ2v) is 4.17. The molecule has 1 aliphatic heterocycles. The number of carboxylic acid groups (broad SMARTS) is 1. The maximum atomic E-state index is 11.1. The molecule has 1 aromatic carbocycles. The molecular formula is C11H10BrNO2. The summed E-state index contributed by atoms with van der Waals surface area (Å²) >= 11 is 3.39. The number of carboxylic acids is 1. The monoisotopic (exact) mass is 267 g/mol. The molecule has 1 aromatic rings. The van der Waals surface area contributed by atoms with Crippen LogP contribution in [0.25, 0.3) is 0 Å². The van der Waals surface area contributed by atoms with Gasteiger partial charge in [-0.15, -0.1) is 0 Å². The van der Waals surface area contributed by atoms with Gasteiger partial charge in [0, 0.05) is 17.6 Å². The summed E-state index contributed by atoms with van der Waals surface area (Å²) in [7, 11) is 0. The Bertz CT molecular complexity index is 421. The molecule has 1 heterocycles. The molecule has 0 saturated carbocycles. The molecule has 15 heavy (non-hydrogen) atoms. The van der Waals surface area contributed by atoms with E-state index in [2.05, 4.69) is 15.9 Å². The highest BCUT2D eigenvalue weighted by Gasteiger charge is 2.18. The Hall–Kier alpha value is -1.29. The third-order valence-corrected chi connectivity index (χ3v) is 2.99. The third-order valence-electron chi connectivity index (χ3n) is 2.35. The van der Waals surface area contributed by atoms with Gasteiger partial charge in [0.25, 0.3) is 0 Å². The molecule has 1 N–H and O–H groups in total. The van der Waals surface area contributed by atoms with Crippen LogP contribution in [0.2, 0.25) is 0 Å². The van der Waals surface area contributed by atoms with Crippen LogP contribution < -0.4 is 4.90 Å². The maximum absolute atomic E-state index is 11.1. The molecular weight excluding hydrogens is 258 g/mol. The number of halogens is 1. The number of benzene rings is 1. The van der Waals surface area contributed by atoms with Crippen molar-refractivity contribution in [2.24, 2.45) is 0 Å². The van der Waals surface area contributed by atoms with Gasteiger partial charge in [0.1, 0.15) is 0 Å². The highest BCUT2D eigenvalue weighted by Crippen LogP contribution is 2.31. The van der Waals surface area contributed by atoms with E-state index >= 15 is 0 Å². The van der Waals surface area contributed by atoms with E-state index in [4.69, 9.17) is 5.11 Å². The normalized spacial score (nSPS) is 14.6. The summed E-state index contributed by atoms with van der Waals surface area (Å²) in [5.41, 5.74) is 1.10. The number of carbonyl (C=O) groups is 1. The molecule has 0 spiro atoms. The fourth-order valence-corrected chi connectivity index (χ4v) is 2.29. The van der Waals surface area contributed by atoms with E-state index in [-0.39, 0.29) is 0 Å². The van der Waals surface area contributed by atoms with Crippen molar-refractivity contribution in [3.8, 4) is 0 Å². The number of nitrogens with zero attached hydrogens (tertiary/aromatic N) is 1. The van der Waals surface area contributed by atoms with Gasteiger partial charge in [-0.2, -0.15) is 0 Å². The molecule has 0 bridgehead atoms. The zero-order valence-electron chi connectivity index (χ0n) is 7.98. The summed E-state index contributed by atoms with van der Waals surface area (Å²) in [6, 6.07) is 5.22. The van der Waals surface area contributed by atoms with Gasteiger partial charge in [-0.25, -0.2) is 4.79 Å². The number of anilines is 1. The molecule has 4 heteroatoms. The van der Waals surface area contributed by atoms with Gasteiger partial charge < -0.3 is 10.0 Å². The van der Waals surface area contributed by atoms with Crippen molar-refractivity contribution in [1.82, 2.24) is 0 Å². The highest BCUT2D eigenvalue weighted by atomic mass is 79.9. The van der Waals surface area contributed by atoms with Crippen LogP contribution in [0.1, 0.15) is 10.4 Å². The molecule has 0 atom stereocenters. The van der Waals surface area contributed by atoms with Gasteiger partial charge in [0.15, 0.2) is 0 Å². The molecule has 1 aliphatic rings. The molecule has 0 saturated heterocycles. The second-order valence-electron chi connectivity index (χ2n) is 3.32. The van der Waals surface area contributed by atoms with Crippen molar-refractivity contribution < 1.29 is 9.90 Å². The van der Waals surface area contributed by atoms with Crippen molar-refractivity contribution in [2.75, 3.05) is 18.0 Å². The number of rotatable bonds is 2. The minimum atomic E-state index is -0.891. The quantitative estimate of drug-likeness (QED) is 0.838. The molecule has 0 aliphatic carbocycles. The van der Waals surface area contributed by atoms with Crippen LogP contribution in [0.5, 0.6) is 0 Å². The Morgan fingerprint density at radius 3 is 2.60 bits per heavy atom. The van der Waals surface area contributed by atoms with Crippen molar-refractivity contribution >= 4 is 27.6 Å². The van der Waals surface area contributed by atoms with E-state index in [9.17, 15) is 4.79 Å². The van der Waals surface area contributed by atoms with Crippen LogP contribution in [0, 0.1) is 0 Å². The Morgan fingerprint density at radius 1 is 1.33 bits per heavy atom. The zero-order chi connectivity index (χ0) is 10.8. The Kier molecular flexibility index (Phi) is 2.77. The van der Waals surface area contributed by atoms with Crippen LogP contribution in [0.15, 0.2) is 34.8 Å². The predicted molar refractivity (Wildman–Crippen MR) is 62.5 cm³/mol. The fraction of sp³-hybridized carbons (Fsp3) is 0.182. The predicted octanol–water partition coefficient (Wildman–Crippen LogP) is 2.52. The Balaban J connectivity index is 2.47.